The maximum atomic E-state index is 12.5. The van der Waals surface area contributed by atoms with Crippen LogP contribution in [-0.2, 0) is 16.0 Å². The van der Waals surface area contributed by atoms with Crippen molar-refractivity contribution in [2.45, 2.75) is 75.5 Å². The molecule has 0 aromatic heterocycles. The van der Waals surface area contributed by atoms with Gasteiger partial charge in [-0.3, -0.25) is 4.79 Å². The second-order valence-corrected chi connectivity index (χ2v) is 8.83. The Kier molecular flexibility index (Phi) is 6.38. The third kappa shape index (κ3) is 5.30. The van der Waals surface area contributed by atoms with E-state index >= 15 is 0 Å². The van der Waals surface area contributed by atoms with E-state index in [2.05, 4.69) is 22.8 Å². The molecule has 158 valence electrons. The standard InChI is InChI=1S/C23H33N3O3/c27-21(9-8-18-6-2-1-3-7-18)26-15-11-19(17-26)25-22(28)24-16-20-10-14-23(29-20)12-4-5-13-23/h1-3,6-7,19-20H,4-5,8-17H2,(H2,24,25,28). The Bertz CT molecular complexity index is 703. The fraction of sp³-hybridized carbons (Fsp3) is 0.652. The monoisotopic (exact) mass is 399 g/mol. The number of likely N-dealkylation sites (tertiary alicyclic amines) is 1. The Morgan fingerprint density at radius 2 is 1.90 bits per heavy atom. The van der Waals surface area contributed by atoms with Gasteiger partial charge in [-0.1, -0.05) is 43.2 Å². The summed E-state index contributed by atoms with van der Waals surface area (Å²) in [4.78, 5) is 26.6. The molecule has 1 aliphatic carbocycles. The minimum absolute atomic E-state index is 0.0290. The molecule has 0 radical (unpaired) electrons. The van der Waals surface area contributed by atoms with Gasteiger partial charge in [0.25, 0.3) is 0 Å². The van der Waals surface area contributed by atoms with Crippen LogP contribution in [0.3, 0.4) is 0 Å². The number of amides is 3. The van der Waals surface area contributed by atoms with Crippen molar-refractivity contribution in [2.24, 2.45) is 0 Å². The Morgan fingerprint density at radius 3 is 2.69 bits per heavy atom. The van der Waals surface area contributed by atoms with Gasteiger partial charge in [-0.05, 0) is 44.1 Å². The minimum atomic E-state index is -0.149. The van der Waals surface area contributed by atoms with Crippen LogP contribution in [0.25, 0.3) is 0 Å². The number of ether oxygens (including phenoxy) is 1. The van der Waals surface area contributed by atoms with E-state index in [0.29, 0.717) is 26.1 Å². The van der Waals surface area contributed by atoms with Crippen LogP contribution in [-0.4, -0.2) is 54.2 Å². The highest BCUT2D eigenvalue weighted by Gasteiger charge is 2.42. The summed E-state index contributed by atoms with van der Waals surface area (Å²) in [6, 6.07) is 9.96. The molecule has 29 heavy (non-hydrogen) atoms. The minimum Gasteiger partial charge on any atom is -0.370 e. The number of hydrogen-bond donors (Lipinski definition) is 2. The summed E-state index contributed by atoms with van der Waals surface area (Å²) in [7, 11) is 0. The first-order valence-electron chi connectivity index (χ1n) is 11.2. The predicted molar refractivity (Wildman–Crippen MR) is 112 cm³/mol. The first-order valence-corrected chi connectivity index (χ1v) is 11.2. The molecular weight excluding hydrogens is 366 g/mol. The lowest BCUT2D eigenvalue weighted by atomic mass is 9.98. The molecule has 1 aromatic rings. The summed E-state index contributed by atoms with van der Waals surface area (Å²) in [5.41, 5.74) is 1.29. The van der Waals surface area contributed by atoms with E-state index in [4.69, 9.17) is 4.74 Å². The summed E-state index contributed by atoms with van der Waals surface area (Å²) in [6.45, 7) is 1.89. The summed E-state index contributed by atoms with van der Waals surface area (Å²) >= 11 is 0. The maximum Gasteiger partial charge on any atom is 0.315 e. The maximum absolute atomic E-state index is 12.5. The third-order valence-electron chi connectivity index (χ3n) is 6.69. The van der Waals surface area contributed by atoms with E-state index in [-0.39, 0.29) is 29.7 Å². The molecule has 0 bridgehead atoms. The highest BCUT2D eigenvalue weighted by atomic mass is 16.5. The molecule has 2 saturated heterocycles. The average Bonchev–Trinajstić information content (AvgIpc) is 3.48. The van der Waals surface area contributed by atoms with Crippen molar-refractivity contribution in [3.8, 4) is 0 Å². The van der Waals surface area contributed by atoms with Gasteiger partial charge in [-0.2, -0.15) is 0 Å². The summed E-state index contributed by atoms with van der Waals surface area (Å²) < 4.78 is 6.25. The Hall–Kier alpha value is -2.08. The largest absolute Gasteiger partial charge is 0.370 e. The van der Waals surface area contributed by atoms with Gasteiger partial charge in [0.15, 0.2) is 0 Å². The number of nitrogens with one attached hydrogen (secondary N) is 2. The van der Waals surface area contributed by atoms with Crippen molar-refractivity contribution in [3.63, 3.8) is 0 Å². The lowest BCUT2D eigenvalue weighted by Gasteiger charge is -2.24. The molecule has 3 fully saturated rings. The van der Waals surface area contributed by atoms with Gasteiger partial charge in [-0.25, -0.2) is 4.79 Å². The Balaban J connectivity index is 1.13. The van der Waals surface area contributed by atoms with Crippen LogP contribution in [0.2, 0.25) is 0 Å². The lowest BCUT2D eigenvalue weighted by molar-refractivity contribution is -0.130. The summed E-state index contributed by atoms with van der Waals surface area (Å²) in [5.74, 6) is 0.166. The van der Waals surface area contributed by atoms with Crippen LogP contribution in [0.5, 0.6) is 0 Å². The molecule has 3 aliphatic rings. The van der Waals surface area contributed by atoms with Gasteiger partial charge in [0.2, 0.25) is 5.91 Å². The van der Waals surface area contributed by atoms with Crippen molar-refractivity contribution in [1.29, 1.82) is 0 Å². The van der Waals surface area contributed by atoms with E-state index in [9.17, 15) is 9.59 Å². The van der Waals surface area contributed by atoms with Crippen molar-refractivity contribution >= 4 is 11.9 Å². The molecule has 2 N–H and O–H groups in total. The molecule has 6 nitrogen and oxygen atoms in total. The summed E-state index contributed by atoms with van der Waals surface area (Å²) in [5, 5.41) is 5.99. The molecule has 2 aliphatic heterocycles. The van der Waals surface area contributed by atoms with Crippen LogP contribution >= 0.6 is 0 Å². The van der Waals surface area contributed by atoms with E-state index < -0.39 is 0 Å². The lowest BCUT2D eigenvalue weighted by Crippen LogP contribution is -2.46. The number of carbonyl (C=O) groups is 2. The normalized spacial score (nSPS) is 25.4. The molecule has 6 heteroatoms. The predicted octanol–water partition coefficient (Wildman–Crippen LogP) is 3.01. The van der Waals surface area contributed by atoms with Gasteiger partial charge in [0, 0.05) is 32.1 Å². The van der Waals surface area contributed by atoms with Gasteiger partial charge in [0.05, 0.1) is 11.7 Å². The van der Waals surface area contributed by atoms with Crippen LogP contribution in [0.4, 0.5) is 4.79 Å². The van der Waals surface area contributed by atoms with Crippen molar-refractivity contribution in [3.05, 3.63) is 35.9 Å². The zero-order valence-electron chi connectivity index (χ0n) is 17.2. The number of carbonyl (C=O) groups excluding carboxylic acids is 2. The number of urea groups is 1. The molecule has 1 spiro atoms. The van der Waals surface area contributed by atoms with E-state index in [0.717, 1.165) is 25.7 Å². The quantitative estimate of drug-likeness (QED) is 0.773. The highest BCUT2D eigenvalue weighted by Crippen LogP contribution is 2.43. The van der Waals surface area contributed by atoms with Crippen LogP contribution in [0.1, 0.15) is 56.9 Å². The summed E-state index contributed by atoms with van der Waals surface area (Å²) in [6.07, 6.45) is 9.27. The zero-order valence-corrected chi connectivity index (χ0v) is 17.2. The fourth-order valence-corrected chi connectivity index (χ4v) is 5.03. The fourth-order valence-electron chi connectivity index (χ4n) is 5.03. The number of nitrogens with zero attached hydrogens (tertiary/aromatic N) is 1. The molecule has 3 amide bonds. The van der Waals surface area contributed by atoms with Gasteiger partial charge in [-0.15, -0.1) is 0 Å². The SMILES string of the molecule is O=C(NCC1CCC2(CCCC2)O1)NC1CCN(C(=O)CCc2ccccc2)C1. The topological polar surface area (TPSA) is 70.7 Å². The molecule has 2 unspecified atom stereocenters. The molecule has 2 atom stereocenters. The first-order chi connectivity index (χ1) is 14.1. The third-order valence-corrected chi connectivity index (χ3v) is 6.69. The number of hydrogen-bond acceptors (Lipinski definition) is 3. The Morgan fingerprint density at radius 1 is 1.10 bits per heavy atom. The smallest absolute Gasteiger partial charge is 0.315 e. The van der Waals surface area contributed by atoms with Crippen molar-refractivity contribution in [2.75, 3.05) is 19.6 Å². The van der Waals surface area contributed by atoms with E-state index in [1.165, 1.54) is 31.2 Å². The second-order valence-electron chi connectivity index (χ2n) is 8.83. The zero-order chi connectivity index (χ0) is 20.1. The second kappa shape index (κ2) is 9.16. The Labute approximate surface area is 173 Å². The molecule has 1 saturated carbocycles. The van der Waals surface area contributed by atoms with E-state index in [1.54, 1.807) is 0 Å². The van der Waals surface area contributed by atoms with Crippen LogP contribution < -0.4 is 10.6 Å². The average molecular weight is 400 g/mol. The van der Waals surface area contributed by atoms with Crippen LogP contribution in [0.15, 0.2) is 30.3 Å². The van der Waals surface area contributed by atoms with Gasteiger partial charge in [0.1, 0.15) is 0 Å². The number of aryl methyl sites for hydroxylation is 1. The number of benzene rings is 1. The van der Waals surface area contributed by atoms with Crippen LogP contribution in [0, 0.1) is 0 Å². The molecule has 4 rings (SSSR count). The first kappa shape index (κ1) is 20.2. The van der Waals surface area contributed by atoms with Crippen molar-refractivity contribution < 1.29 is 14.3 Å². The molecular formula is C23H33N3O3. The van der Waals surface area contributed by atoms with E-state index in [1.807, 2.05) is 23.1 Å². The molecule has 2 heterocycles. The number of rotatable bonds is 6. The van der Waals surface area contributed by atoms with Gasteiger partial charge >= 0.3 is 6.03 Å². The molecule has 1 aromatic carbocycles. The van der Waals surface area contributed by atoms with Gasteiger partial charge < -0.3 is 20.3 Å². The van der Waals surface area contributed by atoms with Crippen molar-refractivity contribution in [1.82, 2.24) is 15.5 Å². The highest BCUT2D eigenvalue weighted by molar-refractivity contribution is 5.77.